The van der Waals surface area contributed by atoms with Gasteiger partial charge in [0.1, 0.15) is 0 Å². The van der Waals surface area contributed by atoms with Gasteiger partial charge in [0, 0.05) is 36.8 Å². The molecule has 0 unspecified atom stereocenters. The number of benzene rings is 1. The Hall–Kier alpha value is -3.08. The topological polar surface area (TPSA) is 76.3 Å². The summed E-state index contributed by atoms with van der Waals surface area (Å²) in [5.74, 6) is -0.912. The number of carbonyl (C=O) groups is 1. The van der Waals surface area contributed by atoms with Crippen molar-refractivity contribution in [3.63, 3.8) is 0 Å². The molecule has 11 heteroatoms. The van der Waals surface area contributed by atoms with Crippen molar-refractivity contribution in [3.05, 3.63) is 52.0 Å². The summed E-state index contributed by atoms with van der Waals surface area (Å²) in [4.78, 5) is 27.2. The Labute approximate surface area is 197 Å². The zero-order valence-electron chi connectivity index (χ0n) is 18.8. The quantitative estimate of drug-likeness (QED) is 0.416. The van der Waals surface area contributed by atoms with Crippen molar-refractivity contribution in [1.82, 2.24) is 29.5 Å². The van der Waals surface area contributed by atoms with E-state index in [1.807, 2.05) is 23.1 Å². The van der Waals surface area contributed by atoms with E-state index >= 15 is 0 Å². The molecule has 0 bridgehead atoms. The molecule has 1 aliphatic rings. The third-order valence-electron chi connectivity index (χ3n) is 6.40. The number of rotatable bonds is 4. The number of piperidine rings is 1. The van der Waals surface area contributed by atoms with Crippen LogP contribution in [0.2, 0.25) is 0 Å². The highest BCUT2D eigenvalue weighted by Gasteiger charge is 2.37. The largest absolute Gasteiger partial charge is 0.453 e. The Kier molecular flexibility index (Phi) is 5.75. The number of hydrogen-bond donors (Lipinski definition) is 0. The SMILES string of the molecule is Cc1nc2nc(C(F)(F)F)nn2c(C)c1CCC(=O)N1CCC(c2nc3ccccc3s2)CC1. The first-order chi connectivity index (χ1) is 16.2. The van der Waals surface area contributed by atoms with Gasteiger partial charge in [-0.2, -0.15) is 18.2 Å². The van der Waals surface area contributed by atoms with Crippen LogP contribution in [0.1, 0.15) is 53.0 Å². The average Bonchev–Trinajstić information content (AvgIpc) is 3.43. The molecule has 4 aromatic rings. The Morgan fingerprint density at radius 3 is 2.56 bits per heavy atom. The van der Waals surface area contributed by atoms with Gasteiger partial charge in [0.2, 0.25) is 5.91 Å². The van der Waals surface area contributed by atoms with E-state index in [-0.39, 0.29) is 18.1 Å². The fourth-order valence-electron chi connectivity index (χ4n) is 4.52. The molecule has 0 saturated carbocycles. The van der Waals surface area contributed by atoms with Gasteiger partial charge >= 0.3 is 6.18 Å². The lowest BCUT2D eigenvalue weighted by atomic mass is 9.97. The summed E-state index contributed by atoms with van der Waals surface area (Å²) >= 11 is 1.72. The molecular weight excluding hydrogens is 465 g/mol. The number of hydrogen-bond acceptors (Lipinski definition) is 6. The summed E-state index contributed by atoms with van der Waals surface area (Å²) in [7, 11) is 0. The molecule has 5 rings (SSSR count). The molecule has 0 spiro atoms. The monoisotopic (exact) mass is 488 g/mol. The predicted molar refractivity (Wildman–Crippen MR) is 122 cm³/mol. The van der Waals surface area contributed by atoms with Crippen molar-refractivity contribution in [1.29, 1.82) is 0 Å². The fourth-order valence-corrected chi connectivity index (χ4v) is 5.66. The molecule has 3 aromatic heterocycles. The Balaban J connectivity index is 1.23. The van der Waals surface area contributed by atoms with Gasteiger partial charge in [-0.25, -0.2) is 14.5 Å². The molecule has 34 heavy (non-hydrogen) atoms. The molecule has 1 aliphatic heterocycles. The van der Waals surface area contributed by atoms with E-state index < -0.39 is 12.0 Å². The molecule has 1 saturated heterocycles. The van der Waals surface area contributed by atoms with Crippen LogP contribution in [0.15, 0.2) is 24.3 Å². The van der Waals surface area contributed by atoms with E-state index in [9.17, 15) is 18.0 Å². The second-order valence-corrected chi connectivity index (χ2v) is 9.64. The van der Waals surface area contributed by atoms with Crippen LogP contribution in [0.5, 0.6) is 0 Å². The zero-order chi connectivity index (χ0) is 24.0. The second-order valence-electron chi connectivity index (χ2n) is 8.58. The minimum atomic E-state index is -4.64. The van der Waals surface area contributed by atoms with Crippen LogP contribution in [-0.4, -0.2) is 48.5 Å². The van der Waals surface area contributed by atoms with Gasteiger partial charge in [-0.15, -0.1) is 16.4 Å². The highest BCUT2D eigenvalue weighted by molar-refractivity contribution is 7.18. The number of alkyl halides is 3. The van der Waals surface area contributed by atoms with Gasteiger partial charge in [0.15, 0.2) is 0 Å². The summed E-state index contributed by atoms with van der Waals surface area (Å²) in [5.41, 5.74) is 2.83. The first-order valence-corrected chi connectivity index (χ1v) is 12.0. The lowest BCUT2D eigenvalue weighted by Gasteiger charge is -2.31. The van der Waals surface area contributed by atoms with E-state index in [4.69, 9.17) is 4.98 Å². The van der Waals surface area contributed by atoms with Crippen molar-refractivity contribution in [2.24, 2.45) is 0 Å². The minimum absolute atomic E-state index is 0.0382. The molecule has 0 radical (unpaired) electrons. The molecular formula is C23H23F3N6OS. The van der Waals surface area contributed by atoms with E-state index in [1.165, 1.54) is 4.70 Å². The summed E-state index contributed by atoms with van der Waals surface area (Å²) in [6.07, 6.45) is -2.24. The number of thiazole rings is 1. The van der Waals surface area contributed by atoms with Crippen molar-refractivity contribution < 1.29 is 18.0 Å². The van der Waals surface area contributed by atoms with E-state index in [0.717, 1.165) is 33.4 Å². The molecule has 1 amide bonds. The Morgan fingerprint density at radius 2 is 1.85 bits per heavy atom. The van der Waals surface area contributed by atoms with Crippen LogP contribution in [-0.2, 0) is 17.4 Å². The number of nitrogens with zero attached hydrogens (tertiary/aromatic N) is 6. The standard InChI is InChI=1S/C23H23F3N6OS/c1-13-16(14(2)32-22(27-13)29-21(30-32)23(24,25)26)7-8-19(33)31-11-9-15(10-12-31)20-28-17-5-3-4-6-18(17)34-20/h3-6,15H,7-12H2,1-2H3. The van der Waals surface area contributed by atoms with Crippen LogP contribution in [0, 0.1) is 13.8 Å². The number of fused-ring (bicyclic) bond motifs is 2. The van der Waals surface area contributed by atoms with Gasteiger partial charge < -0.3 is 4.90 Å². The number of halogens is 3. The highest BCUT2D eigenvalue weighted by Crippen LogP contribution is 2.34. The van der Waals surface area contributed by atoms with E-state index in [2.05, 4.69) is 21.1 Å². The van der Waals surface area contributed by atoms with Gasteiger partial charge in [-0.3, -0.25) is 4.79 Å². The first kappa shape index (κ1) is 22.7. The molecule has 0 atom stereocenters. The van der Waals surface area contributed by atoms with Gasteiger partial charge in [0.05, 0.1) is 15.2 Å². The second kappa shape index (κ2) is 8.61. The molecule has 4 heterocycles. The summed E-state index contributed by atoms with van der Waals surface area (Å²) in [5, 5.41) is 4.70. The summed E-state index contributed by atoms with van der Waals surface area (Å²) in [6.45, 7) is 4.75. The fraction of sp³-hybridized carbons (Fsp3) is 0.435. The van der Waals surface area contributed by atoms with Gasteiger partial charge in [0.25, 0.3) is 11.6 Å². The first-order valence-electron chi connectivity index (χ1n) is 11.1. The molecule has 1 fully saturated rings. The zero-order valence-corrected chi connectivity index (χ0v) is 19.6. The molecule has 1 aromatic carbocycles. The number of aryl methyl sites for hydroxylation is 2. The molecule has 178 valence electrons. The maximum Gasteiger partial charge on any atom is 0.453 e. The van der Waals surface area contributed by atoms with Crippen LogP contribution in [0.25, 0.3) is 16.0 Å². The smallest absolute Gasteiger partial charge is 0.343 e. The van der Waals surface area contributed by atoms with Crippen molar-refractivity contribution in [2.75, 3.05) is 13.1 Å². The third-order valence-corrected chi connectivity index (χ3v) is 7.60. The summed E-state index contributed by atoms with van der Waals surface area (Å²) in [6, 6.07) is 8.10. The maximum absolute atomic E-state index is 13.0. The van der Waals surface area contributed by atoms with Crippen LogP contribution in [0.3, 0.4) is 0 Å². The van der Waals surface area contributed by atoms with Crippen LogP contribution >= 0.6 is 11.3 Å². The molecule has 7 nitrogen and oxygen atoms in total. The Morgan fingerprint density at radius 1 is 1.12 bits per heavy atom. The number of likely N-dealkylation sites (tertiary alicyclic amines) is 1. The number of para-hydroxylation sites is 1. The van der Waals surface area contributed by atoms with Gasteiger partial charge in [-0.1, -0.05) is 12.1 Å². The van der Waals surface area contributed by atoms with E-state index in [1.54, 1.807) is 25.2 Å². The predicted octanol–water partition coefficient (Wildman–Crippen LogP) is 4.71. The molecule has 0 aliphatic carbocycles. The minimum Gasteiger partial charge on any atom is -0.343 e. The van der Waals surface area contributed by atoms with Crippen LogP contribution in [0.4, 0.5) is 13.2 Å². The number of amides is 1. The van der Waals surface area contributed by atoms with Crippen molar-refractivity contribution in [3.8, 4) is 0 Å². The van der Waals surface area contributed by atoms with Crippen molar-refractivity contribution in [2.45, 2.75) is 51.6 Å². The lowest BCUT2D eigenvalue weighted by molar-refractivity contribution is -0.144. The van der Waals surface area contributed by atoms with Crippen molar-refractivity contribution >= 4 is 33.2 Å². The Bertz CT molecular complexity index is 1340. The normalized spacial score (nSPS) is 15.5. The maximum atomic E-state index is 13.0. The number of aromatic nitrogens is 5. The summed E-state index contributed by atoms with van der Waals surface area (Å²) < 4.78 is 41.3. The van der Waals surface area contributed by atoms with Crippen LogP contribution < -0.4 is 0 Å². The van der Waals surface area contributed by atoms with Gasteiger partial charge in [-0.05, 0) is 50.8 Å². The molecule has 0 N–H and O–H groups in total. The number of carbonyl (C=O) groups excluding carboxylic acids is 1. The highest BCUT2D eigenvalue weighted by atomic mass is 32.1. The average molecular weight is 489 g/mol. The van der Waals surface area contributed by atoms with E-state index in [0.29, 0.717) is 36.8 Å². The lowest BCUT2D eigenvalue weighted by Crippen LogP contribution is -2.38. The third kappa shape index (κ3) is 4.24.